The van der Waals surface area contributed by atoms with E-state index >= 15 is 0 Å². The number of hydrogen-bond donors (Lipinski definition) is 0. The van der Waals surface area contributed by atoms with Crippen molar-refractivity contribution >= 4 is 11.8 Å². The predicted octanol–water partition coefficient (Wildman–Crippen LogP) is 2.56. The summed E-state index contributed by atoms with van der Waals surface area (Å²) in [6.07, 6.45) is 0. The van der Waals surface area contributed by atoms with Crippen molar-refractivity contribution in [2.24, 2.45) is 0 Å². The molecule has 5 nitrogen and oxygen atoms in total. The molecule has 96 valence electrons. The summed E-state index contributed by atoms with van der Waals surface area (Å²) in [6.45, 7) is 6.79. The molecule has 0 fully saturated rings. The number of benzene rings is 1. The Labute approximate surface area is 111 Å². The molecule has 0 atom stereocenters. The summed E-state index contributed by atoms with van der Waals surface area (Å²) in [4.78, 5) is 0. The van der Waals surface area contributed by atoms with Crippen molar-refractivity contribution in [1.29, 1.82) is 0 Å². The smallest absolute Gasteiger partial charge is 0.214 e. The third-order valence-corrected chi connectivity index (χ3v) is 3.11. The first kappa shape index (κ1) is 12.9. The summed E-state index contributed by atoms with van der Waals surface area (Å²) in [7, 11) is 0. The van der Waals surface area contributed by atoms with E-state index in [2.05, 4.69) is 29.4 Å². The van der Waals surface area contributed by atoms with Gasteiger partial charge in [0.05, 0.1) is 6.61 Å². The second-order valence-electron chi connectivity index (χ2n) is 3.94. The lowest BCUT2D eigenvalue weighted by molar-refractivity contribution is 0.337. The highest BCUT2D eigenvalue weighted by Gasteiger charge is 2.14. The zero-order chi connectivity index (χ0) is 13.0. The second-order valence-corrected chi connectivity index (χ2v) is 5.48. The van der Waals surface area contributed by atoms with E-state index in [0.717, 1.165) is 16.6 Å². The maximum atomic E-state index is 5.60. The van der Waals surface area contributed by atoms with E-state index in [9.17, 15) is 0 Å². The summed E-state index contributed by atoms with van der Waals surface area (Å²) < 4.78 is 7.31. The van der Waals surface area contributed by atoms with Crippen LogP contribution in [0.1, 0.15) is 20.8 Å². The summed E-state index contributed by atoms with van der Waals surface area (Å²) in [5.41, 5.74) is 0.868. The van der Waals surface area contributed by atoms with Crippen molar-refractivity contribution in [1.82, 2.24) is 20.2 Å². The molecule has 0 aliphatic carbocycles. The number of rotatable bonds is 5. The molecular formula is C12H16N4OS. The monoisotopic (exact) mass is 264 g/mol. The van der Waals surface area contributed by atoms with E-state index in [1.54, 1.807) is 16.4 Å². The molecule has 0 bridgehead atoms. The number of para-hydroxylation sites is 2. The number of aromatic nitrogens is 4. The average Bonchev–Trinajstić information content (AvgIpc) is 2.77. The molecule has 2 aromatic rings. The fourth-order valence-electron chi connectivity index (χ4n) is 1.52. The van der Waals surface area contributed by atoms with Gasteiger partial charge in [-0.05, 0) is 29.5 Å². The fraction of sp³-hybridized carbons (Fsp3) is 0.417. The predicted molar refractivity (Wildman–Crippen MR) is 71.3 cm³/mol. The Bertz CT molecular complexity index is 512. The summed E-state index contributed by atoms with van der Waals surface area (Å²) in [6, 6.07) is 7.76. The van der Waals surface area contributed by atoms with Gasteiger partial charge in [0.25, 0.3) is 0 Å². The Balaban J connectivity index is 2.39. The van der Waals surface area contributed by atoms with Gasteiger partial charge >= 0.3 is 0 Å². The Morgan fingerprint density at radius 3 is 2.83 bits per heavy atom. The number of tetrazole rings is 1. The number of ether oxygens (including phenoxy) is 1. The van der Waals surface area contributed by atoms with Gasteiger partial charge in [-0.1, -0.05) is 37.7 Å². The van der Waals surface area contributed by atoms with Crippen molar-refractivity contribution in [3.8, 4) is 11.4 Å². The second kappa shape index (κ2) is 5.86. The van der Waals surface area contributed by atoms with Crippen molar-refractivity contribution in [3.63, 3.8) is 0 Å². The van der Waals surface area contributed by atoms with Crippen LogP contribution in [0.4, 0.5) is 0 Å². The van der Waals surface area contributed by atoms with Crippen LogP contribution < -0.4 is 4.74 Å². The Morgan fingerprint density at radius 2 is 2.11 bits per heavy atom. The molecule has 1 heterocycles. The first-order valence-corrected chi connectivity index (χ1v) is 6.77. The van der Waals surface area contributed by atoms with Crippen molar-refractivity contribution in [2.45, 2.75) is 31.2 Å². The maximum Gasteiger partial charge on any atom is 0.214 e. The average molecular weight is 264 g/mol. The largest absolute Gasteiger partial charge is 0.492 e. The lowest BCUT2D eigenvalue weighted by Crippen LogP contribution is -2.04. The molecule has 0 N–H and O–H groups in total. The number of thioether (sulfide) groups is 1. The normalized spacial score (nSPS) is 10.9. The van der Waals surface area contributed by atoms with E-state index in [0.29, 0.717) is 11.9 Å². The van der Waals surface area contributed by atoms with Gasteiger partial charge in [-0.2, -0.15) is 4.68 Å². The number of hydrogen-bond acceptors (Lipinski definition) is 5. The lowest BCUT2D eigenvalue weighted by Gasteiger charge is -2.11. The molecule has 0 saturated carbocycles. The quantitative estimate of drug-likeness (QED) is 0.777. The molecule has 1 aromatic heterocycles. The van der Waals surface area contributed by atoms with Crippen molar-refractivity contribution in [3.05, 3.63) is 24.3 Å². The standard InChI is InChI=1S/C12H16N4OS/c1-4-17-11-8-6-5-7-10(11)16-12(13-14-15-16)18-9(2)3/h5-9H,4H2,1-3H3. The first-order chi connectivity index (χ1) is 8.72. The van der Waals surface area contributed by atoms with Gasteiger partial charge in [-0.3, -0.25) is 0 Å². The molecule has 2 rings (SSSR count). The minimum absolute atomic E-state index is 0.425. The molecule has 18 heavy (non-hydrogen) atoms. The van der Waals surface area contributed by atoms with Crippen LogP contribution in [0.15, 0.2) is 29.4 Å². The SMILES string of the molecule is CCOc1ccccc1-n1nnnc1SC(C)C. The Morgan fingerprint density at radius 1 is 1.33 bits per heavy atom. The molecule has 0 radical (unpaired) electrons. The molecular weight excluding hydrogens is 248 g/mol. The first-order valence-electron chi connectivity index (χ1n) is 5.89. The van der Waals surface area contributed by atoms with Crippen LogP contribution in [0.3, 0.4) is 0 Å². The molecule has 0 amide bonds. The van der Waals surface area contributed by atoms with Crippen LogP contribution in [0, 0.1) is 0 Å². The van der Waals surface area contributed by atoms with Gasteiger partial charge in [0.2, 0.25) is 5.16 Å². The van der Waals surface area contributed by atoms with Gasteiger partial charge in [-0.15, -0.1) is 5.10 Å². The van der Waals surface area contributed by atoms with E-state index < -0.39 is 0 Å². The van der Waals surface area contributed by atoms with Crippen molar-refractivity contribution in [2.75, 3.05) is 6.61 Å². The van der Waals surface area contributed by atoms with Crippen LogP contribution >= 0.6 is 11.8 Å². The minimum atomic E-state index is 0.425. The highest BCUT2D eigenvalue weighted by atomic mass is 32.2. The van der Waals surface area contributed by atoms with Gasteiger partial charge in [0.1, 0.15) is 11.4 Å². The molecule has 0 unspecified atom stereocenters. The molecule has 6 heteroatoms. The van der Waals surface area contributed by atoms with Crippen LogP contribution in [-0.2, 0) is 0 Å². The van der Waals surface area contributed by atoms with E-state index in [1.807, 2.05) is 31.2 Å². The van der Waals surface area contributed by atoms with Crippen molar-refractivity contribution < 1.29 is 4.74 Å². The lowest BCUT2D eigenvalue weighted by atomic mass is 10.3. The summed E-state index contributed by atoms with van der Waals surface area (Å²) in [5, 5.41) is 13.0. The minimum Gasteiger partial charge on any atom is -0.492 e. The van der Waals surface area contributed by atoms with Gasteiger partial charge < -0.3 is 4.74 Å². The zero-order valence-electron chi connectivity index (χ0n) is 10.7. The van der Waals surface area contributed by atoms with Gasteiger partial charge in [-0.25, -0.2) is 0 Å². The third kappa shape index (κ3) is 2.81. The Hall–Kier alpha value is -1.56. The van der Waals surface area contributed by atoms with Gasteiger partial charge in [0.15, 0.2) is 0 Å². The van der Waals surface area contributed by atoms with E-state index in [1.165, 1.54) is 0 Å². The highest BCUT2D eigenvalue weighted by molar-refractivity contribution is 7.99. The molecule has 0 saturated heterocycles. The zero-order valence-corrected chi connectivity index (χ0v) is 11.5. The van der Waals surface area contributed by atoms with Crippen LogP contribution in [0.5, 0.6) is 5.75 Å². The highest BCUT2D eigenvalue weighted by Crippen LogP contribution is 2.27. The fourth-order valence-corrected chi connectivity index (χ4v) is 2.26. The molecule has 1 aromatic carbocycles. The van der Waals surface area contributed by atoms with Crippen LogP contribution in [0.25, 0.3) is 5.69 Å². The van der Waals surface area contributed by atoms with Crippen LogP contribution in [-0.4, -0.2) is 32.1 Å². The summed E-state index contributed by atoms with van der Waals surface area (Å²) in [5.74, 6) is 0.790. The number of nitrogens with zero attached hydrogens (tertiary/aromatic N) is 4. The third-order valence-electron chi connectivity index (χ3n) is 2.18. The molecule has 0 aliphatic rings. The topological polar surface area (TPSA) is 52.8 Å². The van der Waals surface area contributed by atoms with E-state index in [-0.39, 0.29) is 0 Å². The molecule has 0 spiro atoms. The molecule has 0 aliphatic heterocycles. The maximum absolute atomic E-state index is 5.60. The van der Waals surface area contributed by atoms with E-state index in [4.69, 9.17) is 4.74 Å². The Kier molecular flexibility index (Phi) is 4.19. The summed E-state index contributed by atoms with van der Waals surface area (Å²) >= 11 is 1.62. The van der Waals surface area contributed by atoms with Gasteiger partial charge in [0, 0.05) is 5.25 Å². The van der Waals surface area contributed by atoms with Crippen LogP contribution in [0.2, 0.25) is 0 Å².